The summed E-state index contributed by atoms with van der Waals surface area (Å²) in [6.07, 6.45) is 30.7. The molecule has 0 radical (unpaired) electrons. The minimum Gasteiger partial charge on any atom is -0.462 e. The van der Waals surface area contributed by atoms with Crippen molar-refractivity contribution < 1.29 is 71.4 Å². The molecule has 0 saturated carbocycles. The lowest BCUT2D eigenvalue weighted by Gasteiger charge is -2.21. The highest BCUT2D eigenvalue weighted by atomic mass is 31.3. The Morgan fingerprint density at radius 2 is 1.41 bits per heavy atom. The number of hydrogen-bond donors (Lipinski definition) is 6. The van der Waals surface area contributed by atoms with Crippen LogP contribution < -0.4 is 11.4 Å². The van der Waals surface area contributed by atoms with Gasteiger partial charge in [-0.1, -0.05) is 151 Å². The van der Waals surface area contributed by atoms with Gasteiger partial charge in [-0.05, 0) is 56.9 Å². The fraction of sp³-hybridized carbons (Fsp3) is 0.633. The average Bonchev–Trinajstić information content (AvgIpc) is 3.58. The molecular formula is C49H79N3O16P2. The Morgan fingerprint density at radius 1 is 0.800 bits per heavy atom. The summed E-state index contributed by atoms with van der Waals surface area (Å²) in [5.41, 5.74) is 4.57. The van der Waals surface area contributed by atoms with E-state index in [1.54, 1.807) is 6.08 Å². The van der Waals surface area contributed by atoms with Gasteiger partial charge < -0.3 is 45.1 Å². The van der Waals surface area contributed by atoms with E-state index >= 15 is 0 Å². The summed E-state index contributed by atoms with van der Waals surface area (Å²) < 4.78 is 56.6. The summed E-state index contributed by atoms with van der Waals surface area (Å²) >= 11 is 0. The Bertz CT molecular complexity index is 1990. The Labute approximate surface area is 413 Å². The maximum Gasteiger partial charge on any atom is 0.481 e. The van der Waals surface area contributed by atoms with E-state index in [-0.39, 0.29) is 18.7 Å². The van der Waals surface area contributed by atoms with Crippen LogP contribution in [0.2, 0.25) is 0 Å². The second-order valence-corrected chi connectivity index (χ2v) is 20.3. The fourth-order valence-corrected chi connectivity index (χ4v) is 8.89. The van der Waals surface area contributed by atoms with Crippen LogP contribution in [0, 0.1) is 5.92 Å². The van der Waals surface area contributed by atoms with Crippen molar-refractivity contribution in [1.29, 1.82) is 0 Å². The molecule has 1 aromatic rings. The van der Waals surface area contributed by atoms with E-state index in [4.69, 9.17) is 29.0 Å². The Morgan fingerprint density at radius 3 is 2.06 bits per heavy atom. The van der Waals surface area contributed by atoms with Crippen molar-refractivity contribution in [2.75, 3.05) is 25.6 Å². The first kappa shape index (κ1) is 62.3. The third kappa shape index (κ3) is 29.5. The molecule has 21 heteroatoms. The lowest BCUT2D eigenvalue weighted by atomic mass is 10.0. The molecule has 0 aliphatic carbocycles. The number of nitrogens with two attached hydrogens (primary N) is 1. The highest BCUT2D eigenvalue weighted by Gasteiger charge is 2.46. The highest BCUT2D eigenvalue weighted by molar-refractivity contribution is 7.61. The molecule has 0 amide bonds. The molecule has 1 aliphatic heterocycles. The number of unbranched alkanes of at least 4 members (excludes halogenated alkanes) is 8. The van der Waals surface area contributed by atoms with Gasteiger partial charge in [0.2, 0.25) is 0 Å². The maximum absolute atomic E-state index is 12.8. The van der Waals surface area contributed by atoms with E-state index in [0.717, 1.165) is 61.6 Å². The molecule has 7 N–H and O–H groups in total. The van der Waals surface area contributed by atoms with Crippen LogP contribution in [-0.4, -0.2) is 96.9 Å². The molecule has 19 nitrogen and oxygen atoms in total. The number of ether oxygens (including phenoxy) is 3. The Balaban J connectivity index is 1.84. The average molecular weight is 1030 g/mol. The van der Waals surface area contributed by atoms with Gasteiger partial charge in [0.25, 0.3) is 0 Å². The summed E-state index contributed by atoms with van der Waals surface area (Å²) in [7, 11) is -10.9. The van der Waals surface area contributed by atoms with Gasteiger partial charge in [0.1, 0.15) is 30.7 Å². The zero-order valence-corrected chi connectivity index (χ0v) is 42.9. The number of phosphoric ester groups is 2. The number of aliphatic hydroxyl groups is 3. The second kappa shape index (κ2) is 36.1. The molecule has 70 heavy (non-hydrogen) atoms. The summed E-state index contributed by atoms with van der Waals surface area (Å²) in [4.78, 5) is 61.8. The van der Waals surface area contributed by atoms with Gasteiger partial charge in [0, 0.05) is 19.0 Å². The first-order valence-corrected chi connectivity index (χ1v) is 27.4. The van der Waals surface area contributed by atoms with Crippen LogP contribution in [0.5, 0.6) is 0 Å². The third-order valence-electron chi connectivity index (χ3n) is 10.6. The van der Waals surface area contributed by atoms with Gasteiger partial charge in [0.05, 0.1) is 19.3 Å². The van der Waals surface area contributed by atoms with Crippen molar-refractivity contribution in [2.24, 2.45) is 5.92 Å². The number of nitrogens with zero attached hydrogens (tertiary/aromatic N) is 2. The fourth-order valence-electron chi connectivity index (χ4n) is 6.78. The number of phosphoric acid groups is 2. The molecule has 1 aromatic heterocycles. The summed E-state index contributed by atoms with van der Waals surface area (Å²) in [6, 6.07) is 1.24. The van der Waals surface area contributed by atoms with Crippen molar-refractivity contribution >= 4 is 33.4 Å². The smallest absolute Gasteiger partial charge is 0.462 e. The van der Waals surface area contributed by atoms with Gasteiger partial charge in [-0.25, -0.2) is 13.9 Å². The Kier molecular flexibility index (Phi) is 32.1. The van der Waals surface area contributed by atoms with E-state index in [1.165, 1.54) is 38.2 Å². The van der Waals surface area contributed by atoms with Crippen molar-refractivity contribution in [3.05, 3.63) is 95.7 Å². The number of esters is 2. The number of carbonyl (C=O) groups excluding carboxylic acids is 2. The quantitative estimate of drug-likeness (QED) is 0.0119. The van der Waals surface area contributed by atoms with Gasteiger partial charge in [-0.2, -0.15) is 9.29 Å². The van der Waals surface area contributed by atoms with Crippen molar-refractivity contribution in [1.82, 2.24) is 9.55 Å². The second-order valence-electron chi connectivity index (χ2n) is 17.3. The van der Waals surface area contributed by atoms with Crippen molar-refractivity contribution in [3.8, 4) is 0 Å². The molecule has 1 saturated heterocycles. The number of nitrogen functional groups attached to an aromatic ring is 1. The molecule has 8 atom stereocenters. The summed E-state index contributed by atoms with van der Waals surface area (Å²) in [6.45, 7) is 4.10. The first-order valence-electron chi connectivity index (χ1n) is 24.4. The topological polar surface area (TPSA) is 286 Å². The molecule has 0 spiro atoms. The molecule has 0 aromatic carbocycles. The van der Waals surface area contributed by atoms with E-state index in [0.29, 0.717) is 25.7 Å². The van der Waals surface area contributed by atoms with E-state index < -0.39 is 89.8 Å². The first-order chi connectivity index (χ1) is 33.4. The SMILES string of the molecule is CC/C=C\CC(O)/C=C/C=C/C/C=C\C/C=C\C/C=C\CCC(=O)OC[C@H](COP(=O)(O)OP(=O)(O)OC[C@H]1O[C@@H](n2ccc(N)nc2=O)[C@H](O)[C@@H]1O)OC(=O)CCCCCCCCCCCC(C)C. The van der Waals surface area contributed by atoms with E-state index in [9.17, 15) is 48.6 Å². The zero-order chi connectivity index (χ0) is 51.6. The molecule has 1 fully saturated rings. The lowest BCUT2D eigenvalue weighted by molar-refractivity contribution is -0.161. The molecule has 3 unspecified atom stereocenters. The van der Waals surface area contributed by atoms with Crippen molar-refractivity contribution in [2.45, 2.75) is 173 Å². The van der Waals surface area contributed by atoms with Crippen LogP contribution in [0.4, 0.5) is 5.82 Å². The highest BCUT2D eigenvalue weighted by Crippen LogP contribution is 2.60. The van der Waals surface area contributed by atoms with Gasteiger partial charge in [0.15, 0.2) is 12.3 Å². The zero-order valence-electron chi connectivity index (χ0n) is 41.1. The van der Waals surface area contributed by atoms with E-state index in [2.05, 4.69) is 23.1 Å². The third-order valence-corrected chi connectivity index (χ3v) is 13.2. The normalized spacial score (nSPS) is 20.4. The van der Waals surface area contributed by atoms with Crippen LogP contribution >= 0.6 is 15.6 Å². The number of aliphatic hydroxyl groups excluding tert-OH is 3. The van der Waals surface area contributed by atoms with Gasteiger partial charge in [-0.3, -0.25) is 23.2 Å². The number of hydrogen-bond acceptors (Lipinski definition) is 16. The molecule has 2 rings (SSSR count). The van der Waals surface area contributed by atoms with Crippen LogP contribution in [0.25, 0.3) is 0 Å². The van der Waals surface area contributed by atoms with Crippen LogP contribution in [0.1, 0.15) is 143 Å². The standard InChI is InChI=1S/C49H79N3O16P2/c1-4-5-24-30-40(53)31-26-21-17-13-9-7-6-8-10-14-18-22-27-32-44(54)63-36-41(66-45(55)33-28-23-19-15-11-12-16-20-25-29-39(2)3)37-64-69(59,60)68-70(61,62)65-38-42-46(56)47(57)48(67-42)52-35-34-43(50)51-49(52)58/h5,7-10,17-18,21-22,24,26,31,34-35,39-42,46-48,53,56-57H,4,6,11-16,19-20,23,25,27-30,32-33,36-38H2,1-3H3,(H,59,60)(H,61,62)(H2,50,51,58)/b9-7-,10-8-,21-17+,22-18-,24-5-,31-26+/t40?,41-,42-,46-,47-,48-/m1/s1. The summed E-state index contributed by atoms with van der Waals surface area (Å²) in [5, 5.41) is 30.7. The van der Waals surface area contributed by atoms with E-state index in [1.807, 2.05) is 73.8 Å². The van der Waals surface area contributed by atoms with Gasteiger partial charge in [-0.15, -0.1) is 0 Å². The number of anilines is 1. The van der Waals surface area contributed by atoms with Crippen LogP contribution in [0.15, 0.2) is 90.0 Å². The number of allylic oxidation sites excluding steroid dienone is 10. The number of rotatable bonds is 38. The predicted molar refractivity (Wildman–Crippen MR) is 267 cm³/mol. The largest absolute Gasteiger partial charge is 0.481 e. The number of carbonyl (C=O) groups is 2. The lowest BCUT2D eigenvalue weighted by Crippen LogP contribution is -2.36. The molecule has 396 valence electrons. The minimum atomic E-state index is -5.44. The van der Waals surface area contributed by atoms with Crippen molar-refractivity contribution in [3.63, 3.8) is 0 Å². The summed E-state index contributed by atoms with van der Waals surface area (Å²) in [5.74, 6) is -0.708. The molecule has 0 bridgehead atoms. The van der Waals surface area contributed by atoms with Crippen LogP contribution in [0.3, 0.4) is 0 Å². The monoisotopic (exact) mass is 1030 g/mol. The minimum absolute atomic E-state index is 0.0165. The number of aromatic nitrogens is 2. The van der Waals surface area contributed by atoms with Crippen LogP contribution in [-0.2, 0) is 46.3 Å². The molecule has 2 heterocycles. The predicted octanol–water partition coefficient (Wildman–Crippen LogP) is 8.55. The van der Waals surface area contributed by atoms with Gasteiger partial charge >= 0.3 is 33.3 Å². The molecule has 1 aliphatic rings. The Hall–Kier alpha value is -3.84. The molecular weight excluding hydrogens is 948 g/mol. The maximum atomic E-state index is 12.8.